The van der Waals surface area contributed by atoms with Crippen LogP contribution in [0.3, 0.4) is 0 Å². The van der Waals surface area contributed by atoms with E-state index in [-0.39, 0.29) is 31.1 Å². The number of allylic oxidation sites excluding steroid dienone is 4. The molecular weight excluding hydrogens is 757 g/mol. The largest absolute Gasteiger partial charge is 0.462 e. The van der Waals surface area contributed by atoms with Gasteiger partial charge in [-0.05, 0) is 44.9 Å². The standard InChI is InChI=1S/C55H102O6/c1-4-7-10-13-16-19-22-24-26-27-28-29-31-33-36-39-42-45-48-54(57)60-51-52(50-59-53(56)47-44-41-38-35-32-21-18-15-12-9-6-3)61-55(58)49-46-43-40-37-34-30-25-23-20-17-14-11-8-5-2/h8,11,17,20,52H,4-7,9-10,12-16,18-19,21-51H2,1-3H3/b11-8-,20-17-. The first kappa shape index (κ1) is 58.9. The number of unbranched alkanes of at least 4 members (excludes halogenated alkanes) is 34. The van der Waals surface area contributed by atoms with Crippen molar-refractivity contribution in [3.05, 3.63) is 24.3 Å². The van der Waals surface area contributed by atoms with Crippen molar-refractivity contribution in [3.8, 4) is 0 Å². The number of hydrogen-bond acceptors (Lipinski definition) is 6. The molecule has 0 saturated heterocycles. The van der Waals surface area contributed by atoms with E-state index in [2.05, 4.69) is 45.1 Å². The molecule has 358 valence electrons. The Hall–Kier alpha value is -2.11. The van der Waals surface area contributed by atoms with Crippen LogP contribution in [0.4, 0.5) is 0 Å². The van der Waals surface area contributed by atoms with Crippen molar-refractivity contribution in [1.29, 1.82) is 0 Å². The molecule has 0 aromatic carbocycles. The predicted molar refractivity (Wildman–Crippen MR) is 261 cm³/mol. The van der Waals surface area contributed by atoms with Crippen LogP contribution in [0.15, 0.2) is 24.3 Å². The summed E-state index contributed by atoms with van der Waals surface area (Å²) >= 11 is 0. The monoisotopic (exact) mass is 859 g/mol. The van der Waals surface area contributed by atoms with Crippen LogP contribution in [-0.4, -0.2) is 37.2 Å². The van der Waals surface area contributed by atoms with Crippen LogP contribution in [0, 0.1) is 0 Å². The summed E-state index contributed by atoms with van der Waals surface area (Å²) in [6, 6.07) is 0. The fraction of sp³-hybridized carbons (Fsp3) is 0.873. The molecule has 6 nitrogen and oxygen atoms in total. The zero-order chi connectivity index (χ0) is 44.4. The van der Waals surface area contributed by atoms with Crippen LogP contribution in [0.2, 0.25) is 0 Å². The lowest BCUT2D eigenvalue weighted by atomic mass is 10.0. The molecule has 6 heteroatoms. The van der Waals surface area contributed by atoms with Crippen molar-refractivity contribution in [2.45, 2.75) is 297 Å². The summed E-state index contributed by atoms with van der Waals surface area (Å²) in [7, 11) is 0. The van der Waals surface area contributed by atoms with Gasteiger partial charge in [0.05, 0.1) is 0 Å². The van der Waals surface area contributed by atoms with Gasteiger partial charge >= 0.3 is 17.9 Å². The average molecular weight is 859 g/mol. The quantitative estimate of drug-likeness (QED) is 0.0262. The minimum atomic E-state index is -0.769. The normalized spacial score (nSPS) is 12.1. The van der Waals surface area contributed by atoms with E-state index < -0.39 is 6.10 Å². The second-order valence-electron chi connectivity index (χ2n) is 18.1. The summed E-state index contributed by atoms with van der Waals surface area (Å²) < 4.78 is 16.8. The van der Waals surface area contributed by atoms with Crippen LogP contribution >= 0.6 is 0 Å². The van der Waals surface area contributed by atoms with Gasteiger partial charge in [0.25, 0.3) is 0 Å². The Morgan fingerprint density at radius 1 is 0.344 bits per heavy atom. The van der Waals surface area contributed by atoms with Crippen molar-refractivity contribution in [1.82, 2.24) is 0 Å². The van der Waals surface area contributed by atoms with Gasteiger partial charge in [-0.15, -0.1) is 0 Å². The Kier molecular flexibility index (Phi) is 48.8. The molecule has 0 amide bonds. The summed E-state index contributed by atoms with van der Waals surface area (Å²) in [5, 5.41) is 0. The second kappa shape index (κ2) is 50.5. The van der Waals surface area contributed by atoms with E-state index in [1.807, 2.05) is 0 Å². The van der Waals surface area contributed by atoms with E-state index in [1.165, 1.54) is 173 Å². The van der Waals surface area contributed by atoms with Gasteiger partial charge in [-0.1, -0.05) is 251 Å². The molecule has 0 bridgehead atoms. The van der Waals surface area contributed by atoms with Crippen molar-refractivity contribution in [3.63, 3.8) is 0 Å². The van der Waals surface area contributed by atoms with Gasteiger partial charge in [0.15, 0.2) is 6.10 Å². The molecule has 0 spiro atoms. The minimum Gasteiger partial charge on any atom is -0.462 e. The van der Waals surface area contributed by atoms with Crippen LogP contribution in [0.1, 0.15) is 290 Å². The molecule has 0 aromatic heterocycles. The van der Waals surface area contributed by atoms with E-state index in [1.54, 1.807) is 0 Å². The molecule has 0 aromatic rings. The lowest BCUT2D eigenvalue weighted by molar-refractivity contribution is -0.167. The zero-order valence-electron chi connectivity index (χ0n) is 40.9. The smallest absolute Gasteiger partial charge is 0.306 e. The van der Waals surface area contributed by atoms with Gasteiger partial charge in [-0.25, -0.2) is 0 Å². The molecule has 0 saturated carbocycles. The third kappa shape index (κ3) is 48.8. The summed E-state index contributed by atoms with van der Waals surface area (Å²) in [6.45, 7) is 6.56. The van der Waals surface area contributed by atoms with Crippen molar-refractivity contribution in [2.75, 3.05) is 13.2 Å². The molecule has 1 unspecified atom stereocenters. The van der Waals surface area contributed by atoms with Gasteiger partial charge in [-0.3, -0.25) is 14.4 Å². The van der Waals surface area contributed by atoms with Gasteiger partial charge in [0.2, 0.25) is 0 Å². The van der Waals surface area contributed by atoms with Crippen molar-refractivity contribution in [2.24, 2.45) is 0 Å². The molecule has 0 aliphatic rings. The van der Waals surface area contributed by atoms with Gasteiger partial charge < -0.3 is 14.2 Å². The summed E-state index contributed by atoms with van der Waals surface area (Å²) in [6.07, 6.45) is 57.4. The average Bonchev–Trinajstić information content (AvgIpc) is 3.26. The molecule has 61 heavy (non-hydrogen) atoms. The molecule has 0 N–H and O–H groups in total. The summed E-state index contributed by atoms with van der Waals surface area (Å²) in [5.74, 6) is -0.862. The summed E-state index contributed by atoms with van der Waals surface area (Å²) in [5.41, 5.74) is 0. The molecular formula is C55H102O6. The Morgan fingerprint density at radius 3 is 0.984 bits per heavy atom. The van der Waals surface area contributed by atoms with Crippen LogP contribution in [-0.2, 0) is 28.6 Å². The Morgan fingerprint density at radius 2 is 0.639 bits per heavy atom. The van der Waals surface area contributed by atoms with Crippen molar-refractivity contribution < 1.29 is 28.6 Å². The lowest BCUT2D eigenvalue weighted by Gasteiger charge is -2.18. The number of ether oxygens (including phenoxy) is 3. The molecule has 0 heterocycles. The highest BCUT2D eigenvalue weighted by molar-refractivity contribution is 5.71. The lowest BCUT2D eigenvalue weighted by Crippen LogP contribution is -2.30. The second-order valence-corrected chi connectivity index (χ2v) is 18.1. The number of rotatable bonds is 49. The maximum atomic E-state index is 12.8. The van der Waals surface area contributed by atoms with E-state index >= 15 is 0 Å². The van der Waals surface area contributed by atoms with E-state index in [9.17, 15) is 14.4 Å². The van der Waals surface area contributed by atoms with Crippen LogP contribution in [0.25, 0.3) is 0 Å². The van der Waals surface area contributed by atoms with E-state index in [0.29, 0.717) is 19.3 Å². The van der Waals surface area contributed by atoms with Gasteiger partial charge in [0.1, 0.15) is 13.2 Å². The maximum Gasteiger partial charge on any atom is 0.306 e. The number of carbonyl (C=O) groups excluding carboxylic acids is 3. The van der Waals surface area contributed by atoms with E-state index in [4.69, 9.17) is 14.2 Å². The molecule has 0 aliphatic heterocycles. The highest BCUT2D eigenvalue weighted by atomic mass is 16.6. The van der Waals surface area contributed by atoms with Gasteiger partial charge in [-0.2, -0.15) is 0 Å². The first-order chi connectivity index (χ1) is 30.0. The predicted octanol–water partition coefficient (Wildman–Crippen LogP) is 17.5. The Balaban J connectivity index is 4.29. The molecule has 0 rings (SSSR count). The van der Waals surface area contributed by atoms with Crippen molar-refractivity contribution >= 4 is 17.9 Å². The first-order valence-electron chi connectivity index (χ1n) is 26.8. The van der Waals surface area contributed by atoms with Gasteiger partial charge in [0, 0.05) is 19.3 Å². The first-order valence-corrected chi connectivity index (χ1v) is 26.8. The fourth-order valence-electron chi connectivity index (χ4n) is 7.95. The van der Waals surface area contributed by atoms with E-state index in [0.717, 1.165) is 77.0 Å². The van der Waals surface area contributed by atoms with Crippen LogP contribution in [0.5, 0.6) is 0 Å². The number of hydrogen-bond donors (Lipinski definition) is 0. The maximum absolute atomic E-state index is 12.8. The third-order valence-corrected chi connectivity index (χ3v) is 12.0. The topological polar surface area (TPSA) is 78.9 Å². The molecule has 0 fully saturated rings. The van der Waals surface area contributed by atoms with Crippen LogP contribution < -0.4 is 0 Å². The summed E-state index contributed by atoms with van der Waals surface area (Å²) in [4.78, 5) is 38.0. The number of esters is 3. The Bertz CT molecular complexity index is 989. The highest BCUT2D eigenvalue weighted by Gasteiger charge is 2.19. The minimum absolute atomic E-state index is 0.0695. The number of carbonyl (C=O) groups is 3. The fourth-order valence-corrected chi connectivity index (χ4v) is 7.95. The third-order valence-electron chi connectivity index (χ3n) is 12.0. The molecule has 0 radical (unpaired) electrons. The Labute approximate surface area is 379 Å². The molecule has 0 aliphatic carbocycles. The highest BCUT2D eigenvalue weighted by Crippen LogP contribution is 2.17. The molecule has 1 atom stereocenters. The zero-order valence-corrected chi connectivity index (χ0v) is 40.9. The SMILES string of the molecule is CC/C=C\C/C=C\CCCCCCCCCC(=O)OC(COC(=O)CCCCCCCCCCCCC)COC(=O)CCCCCCCCCCCCCCCCCCCC.